The molecule has 3 aromatic heterocycles. The van der Waals surface area contributed by atoms with Crippen LogP contribution in [0.25, 0.3) is 55.2 Å². The number of ketones is 1. The first-order chi connectivity index (χ1) is 23.7. The van der Waals surface area contributed by atoms with E-state index < -0.39 is 0 Å². The van der Waals surface area contributed by atoms with E-state index in [1.54, 1.807) is 6.26 Å². The van der Waals surface area contributed by atoms with Crippen molar-refractivity contribution in [3.05, 3.63) is 102 Å². The van der Waals surface area contributed by atoms with Gasteiger partial charge in [-0.2, -0.15) is 0 Å². The molecule has 0 aliphatic heterocycles. The predicted molar refractivity (Wildman–Crippen MR) is 208 cm³/mol. The molecule has 0 aliphatic carbocycles. The molecule has 0 spiro atoms. The number of benzene rings is 3. The Morgan fingerprint density at radius 2 is 1.41 bits per heavy atom. The third kappa shape index (κ3) is 7.93. The summed E-state index contributed by atoms with van der Waals surface area (Å²) >= 11 is 0. The number of aliphatic hydroxyl groups is 1. The van der Waals surface area contributed by atoms with Crippen molar-refractivity contribution in [2.45, 2.75) is 100 Å². The van der Waals surface area contributed by atoms with E-state index in [2.05, 4.69) is 76.2 Å². The van der Waals surface area contributed by atoms with E-state index in [0.717, 1.165) is 75.4 Å². The van der Waals surface area contributed by atoms with Gasteiger partial charge in [-0.15, -0.1) is 29.1 Å². The van der Waals surface area contributed by atoms with Gasteiger partial charge in [-0.3, -0.25) is 9.78 Å². The molecule has 6 rings (SSSR count). The predicted octanol–water partition coefficient (Wildman–Crippen LogP) is 13.1. The van der Waals surface area contributed by atoms with Gasteiger partial charge < -0.3 is 13.9 Å². The third-order valence-electron chi connectivity index (χ3n) is 11.0. The first-order valence-corrected chi connectivity index (χ1v) is 18.0. The Morgan fingerprint density at radius 3 is 2.04 bits per heavy atom. The molecular weight excluding hydrogens is 811 g/mol. The molecule has 0 unspecified atom stereocenters. The molecule has 271 valence electrons. The number of nitrogens with zero attached hydrogens (tertiary/aromatic N) is 1. The van der Waals surface area contributed by atoms with Gasteiger partial charge >= 0.3 is 0 Å². The van der Waals surface area contributed by atoms with Crippen molar-refractivity contribution in [1.29, 1.82) is 0 Å². The van der Waals surface area contributed by atoms with Gasteiger partial charge in [0, 0.05) is 59.0 Å². The molecule has 0 saturated carbocycles. The first kappa shape index (κ1) is 39.8. The van der Waals surface area contributed by atoms with E-state index in [-0.39, 0.29) is 47.9 Å². The maximum absolute atomic E-state index is 12.2. The summed E-state index contributed by atoms with van der Waals surface area (Å²) in [5, 5.41) is 14.5. The van der Waals surface area contributed by atoms with E-state index in [0.29, 0.717) is 5.71 Å². The molecule has 3 aromatic carbocycles. The summed E-state index contributed by atoms with van der Waals surface area (Å²) in [4.78, 5) is 17.1. The summed E-state index contributed by atoms with van der Waals surface area (Å²) < 4.78 is 11.8. The number of hydrogen-bond donors (Lipinski definition) is 1. The maximum Gasteiger partial charge on any atom is 0.219 e. The second-order valence-corrected chi connectivity index (χ2v) is 15.1. The van der Waals surface area contributed by atoms with Crippen LogP contribution in [0.2, 0.25) is 0 Å². The van der Waals surface area contributed by atoms with Crippen LogP contribution < -0.4 is 0 Å². The van der Waals surface area contributed by atoms with Gasteiger partial charge in [-0.05, 0) is 55.2 Å². The van der Waals surface area contributed by atoms with E-state index >= 15 is 0 Å². The minimum atomic E-state index is -0.337. The summed E-state index contributed by atoms with van der Waals surface area (Å²) in [6.07, 6.45) is 8.36. The minimum absolute atomic E-state index is 0. The van der Waals surface area contributed by atoms with Gasteiger partial charge in [0.05, 0.1) is 12.5 Å². The van der Waals surface area contributed by atoms with Gasteiger partial charge in [0.1, 0.15) is 11.3 Å². The minimum Gasteiger partial charge on any atom is -0.512 e. The molecule has 1 N–H and O–H groups in total. The second-order valence-electron chi connectivity index (χ2n) is 15.1. The number of allylic oxidation sites excluding steroid dienone is 2. The number of carbonyl (C=O) groups is 1. The van der Waals surface area contributed by atoms with Crippen LogP contribution in [0.1, 0.15) is 99.1 Å². The van der Waals surface area contributed by atoms with Crippen LogP contribution in [0.15, 0.2) is 93.9 Å². The average Bonchev–Trinajstić information content (AvgIpc) is 3.73. The molecule has 6 heteroatoms. The van der Waals surface area contributed by atoms with Crippen molar-refractivity contribution in [3.63, 3.8) is 0 Å². The fourth-order valence-electron chi connectivity index (χ4n) is 6.40. The van der Waals surface area contributed by atoms with Gasteiger partial charge in [0.15, 0.2) is 5.78 Å². The van der Waals surface area contributed by atoms with Crippen LogP contribution in [0, 0.1) is 23.8 Å². The van der Waals surface area contributed by atoms with E-state index in [1.807, 2.05) is 66.0 Å². The number of furan rings is 2. The Balaban J connectivity index is 0.000000279. The van der Waals surface area contributed by atoms with Crippen molar-refractivity contribution >= 4 is 38.6 Å². The summed E-state index contributed by atoms with van der Waals surface area (Å²) in [6.45, 7) is 20.9. The van der Waals surface area contributed by atoms with Crippen molar-refractivity contribution in [2.75, 3.05) is 0 Å². The monoisotopic (exact) mass is 863 g/mol. The van der Waals surface area contributed by atoms with Crippen LogP contribution in [0.5, 0.6) is 0 Å². The summed E-state index contributed by atoms with van der Waals surface area (Å²) in [5.74, 6) is 0.286. The summed E-state index contributed by atoms with van der Waals surface area (Å²) in [7, 11) is 0. The molecule has 5 nitrogen and oxygen atoms in total. The van der Waals surface area contributed by atoms with Crippen molar-refractivity contribution in [1.82, 2.24) is 4.98 Å². The van der Waals surface area contributed by atoms with Crippen molar-refractivity contribution in [2.24, 2.45) is 10.8 Å². The molecule has 3 heterocycles. The normalized spacial score (nSPS) is 12.5. The summed E-state index contributed by atoms with van der Waals surface area (Å²) in [6, 6.07) is 24.5. The topological polar surface area (TPSA) is 76.5 Å². The van der Waals surface area contributed by atoms with Crippen LogP contribution >= 0.6 is 0 Å². The number of hydrogen-bond acceptors (Lipinski definition) is 5. The molecule has 0 bridgehead atoms. The molecule has 0 atom stereocenters. The number of fused-ring (bicyclic) bond motifs is 3. The molecule has 0 fully saturated rings. The van der Waals surface area contributed by atoms with Gasteiger partial charge in [-0.1, -0.05) is 116 Å². The number of para-hydroxylation sites is 1. The first-order valence-electron chi connectivity index (χ1n) is 18.0. The third-order valence-corrected chi connectivity index (χ3v) is 11.0. The zero-order valence-corrected chi connectivity index (χ0v) is 34.2. The number of carbonyl (C=O) groups excluding carboxylic acids is 1. The number of pyridine rings is 1. The Morgan fingerprint density at radius 1 is 0.804 bits per heavy atom. The van der Waals surface area contributed by atoms with Crippen LogP contribution in [-0.4, -0.2) is 15.9 Å². The maximum atomic E-state index is 12.2. The van der Waals surface area contributed by atoms with Crippen molar-refractivity contribution in [3.8, 4) is 22.4 Å². The second kappa shape index (κ2) is 15.7. The fourth-order valence-corrected chi connectivity index (χ4v) is 6.40. The zero-order chi connectivity index (χ0) is 36.4. The zero-order valence-electron chi connectivity index (χ0n) is 31.8. The molecule has 0 saturated heterocycles. The fraction of sp³-hybridized carbons (Fsp3) is 0.378. The number of aromatic nitrogens is 1. The molecule has 0 amide bonds. The Bertz CT molecular complexity index is 2170. The molecular formula is C45H52IrNO4-. The molecule has 51 heavy (non-hydrogen) atoms. The molecule has 1 radical (unpaired) electrons. The Kier molecular flexibility index (Phi) is 12.3. The van der Waals surface area contributed by atoms with Crippen molar-refractivity contribution < 1.29 is 38.8 Å². The largest absolute Gasteiger partial charge is 0.512 e. The quantitative estimate of drug-likeness (QED) is 0.0890. The Hall–Kier alpha value is -3.99. The average molecular weight is 863 g/mol. The number of aliphatic hydroxyl groups excluding tert-OH is 1. The smallest absolute Gasteiger partial charge is 0.219 e. The Labute approximate surface area is 316 Å². The summed E-state index contributed by atoms with van der Waals surface area (Å²) in [5.41, 5.74) is 7.12. The molecule has 6 aromatic rings. The van der Waals surface area contributed by atoms with E-state index in [4.69, 9.17) is 13.8 Å². The van der Waals surface area contributed by atoms with Crippen LogP contribution in [-0.2, 0) is 30.3 Å². The SMILES string of the molecule is CCC(C)(CC)C(=O)/C=C(\O)C(C)(CC)CC.Cc1coc2nc(-c3[c-]c4ccccc4c(C(C)(C)C)c3)cc(-c3coc4ccccc34)c12.[Ir]. The van der Waals surface area contributed by atoms with Crippen LogP contribution in [0.3, 0.4) is 0 Å². The number of aryl methyl sites for hydroxylation is 1. The van der Waals surface area contributed by atoms with E-state index in [9.17, 15) is 9.90 Å². The van der Waals surface area contributed by atoms with Gasteiger partial charge in [-0.25, -0.2) is 0 Å². The van der Waals surface area contributed by atoms with Gasteiger partial charge in [0.25, 0.3) is 0 Å². The van der Waals surface area contributed by atoms with Crippen LogP contribution in [0.4, 0.5) is 0 Å². The molecule has 0 aliphatic rings. The van der Waals surface area contributed by atoms with E-state index in [1.165, 1.54) is 17.0 Å². The number of rotatable bonds is 9. The van der Waals surface area contributed by atoms with Gasteiger partial charge in [0.2, 0.25) is 5.71 Å². The standard InChI is InChI=1S/C30H24NO2.C15H28O2.Ir/c1-18-16-33-29-28(18)23(24-17-32-27-12-8-7-11-22(24)27)15-26(31-29)20-13-19-9-5-6-10-21(19)25(14-20)30(2,3)4;1-7-14(5,8-2)12(16)11-13(17)15(6,9-3)10-4;/h5-12,14-17H,1-4H3;11,16H,7-10H2,1-6H3;/q-1;;/b;12-11-;.